The quantitative estimate of drug-likeness (QED) is 0.684. The third-order valence-corrected chi connectivity index (χ3v) is 5.56. The zero-order valence-electron chi connectivity index (χ0n) is 15.9. The Morgan fingerprint density at radius 1 is 1.14 bits per heavy atom. The topological polar surface area (TPSA) is 66.5 Å². The number of hydrogen-bond donors (Lipinski definition) is 1. The van der Waals surface area contributed by atoms with Gasteiger partial charge in [-0.15, -0.1) is 0 Å². The molecule has 0 aliphatic heterocycles. The summed E-state index contributed by atoms with van der Waals surface area (Å²) in [6.45, 7) is 3.33. The number of nitrogens with zero attached hydrogens (tertiary/aromatic N) is 1. The SMILES string of the molecule is CC(C)c1ccc(NC(=O)CN(c2ccc(Cl)c(C(F)(F)F)c2)S(C)(=O)=O)cc1. The van der Waals surface area contributed by atoms with Gasteiger partial charge in [0.05, 0.1) is 22.5 Å². The standard InChI is InChI=1S/C19H20ClF3N2O3S/c1-12(2)13-4-6-14(7-5-13)24-18(26)11-25(29(3,27)28)15-8-9-17(20)16(10-15)19(21,22)23/h4-10,12H,11H2,1-3H3,(H,24,26). The minimum atomic E-state index is -4.77. The lowest BCUT2D eigenvalue weighted by molar-refractivity contribution is -0.137. The Bertz CT molecular complexity index is 991. The molecule has 0 bridgehead atoms. The van der Waals surface area contributed by atoms with Crippen LogP contribution in [0.15, 0.2) is 42.5 Å². The second-order valence-electron chi connectivity index (χ2n) is 6.76. The van der Waals surface area contributed by atoms with Gasteiger partial charge in [0.15, 0.2) is 0 Å². The van der Waals surface area contributed by atoms with Crippen LogP contribution >= 0.6 is 11.6 Å². The summed E-state index contributed by atoms with van der Waals surface area (Å²) in [5, 5.41) is 1.98. The van der Waals surface area contributed by atoms with Gasteiger partial charge in [-0.3, -0.25) is 9.10 Å². The molecule has 0 heterocycles. The van der Waals surface area contributed by atoms with Crippen molar-refractivity contribution < 1.29 is 26.4 Å². The molecule has 0 fully saturated rings. The molecule has 158 valence electrons. The number of benzene rings is 2. The summed E-state index contributed by atoms with van der Waals surface area (Å²) >= 11 is 5.58. The molecular formula is C19H20ClF3N2O3S. The average Bonchev–Trinajstić information content (AvgIpc) is 2.59. The summed E-state index contributed by atoms with van der Waals surface area (Å²) in [7, 11) is -4.04. The Kier molecular flexibility index (Phi) is 6.85. The number of nitrogens with one attached hydrogen (secondary N) is 1. The molecule has 2 aromatic rings. The number of halogens is 4. The van der Waals surface area contributed by atoms with E-state index in [9.17, 15) is 26.4 Å². The molecule has 0 aliphatic rings. The lowest BCUT2D eigenvalue weighted by atomic mass is 10.0. The molecule has 5 nitrogen and oxygen atoms in total. The van der Waals surface area contributed by atoms with Crippen LogP contribution in [0.1, 0.15) is 30.9 Å². The van der Waals surface area contributed by atoms with E-state index in [-0.39, 0.29) is 5.69 Å². The van der Waals surface area contributed by atoms with Crippen molar-refractivity contribution in [2.75, 3.05) is 22.4 Å². The minimum Gasteiger partial charge on any atom is -0.325 e. The number of sulfonamides is 1. The van der Waals surface area contributed by atoms with E-state index in [1.165, 1.54) is 0 Å². The van der Waals surface area contributed by atoms with Crippen LogP contribution in [0.2, 0.25) is 5.02 Å². The van der Waals surface area contributed by atoms with Crippen LogP contribution < -0.4 is 9.62 Å². The van der Waals surface area contributed by atoms with Crippen LogP contribution in [0, 0.1) is 0 Å². The Morgan fingerprint density at radius 2 is 1.72 bits per heavy atom. The van der Waals surface area contributed by atoms with Gasteiger partial charge in [0.2, 0.25) is 15.9 Å². The number of anilines is 2. The van der Waals surface area contributed by atoms with E-state index in [1.54, 1.807) is 12.1 Å². The van der Waals surface area contributed by atoms with Gasteiger partial charge in [0.1, 0.15) is 6.54 Å². The Morgan fingerprint density at radius 3 is 2.21 bits per heavy atom. The highest BCUT2D eigenvalue weighted by Gasteiger charge is 2.34. The zero-order chi connectivity index (χ0) is 22.0. The molecule has 2 rings (SSSR count). The summed E-state index contributed by atoms with van der Waals surface area (Å²) < 4.78 is 64.1. The molecule has 0 saturated carbocycles. The highest BCUT2D eigenvalue weighted by atomic mass is 35.5. The average molecular weight is 449 g/mol. The number of hydrogen-bond acceptors (Lipinski definition) is 3. The molecular weight excluding hydrogens is 429 g/mol. The van der Waals surface area contributed by atoms with E-state index in [2.05, 4.69) is 5.32 Å². The van der Waals surface area contributed by atoms with Crippen molar-refractivity contribution in [3.05, 3.63) is 58.6 Å². The van der Waals surface area contributed by atoms with E-state index >= 15 is 0 Å². The molecule has 10 heteroatoms. The highest BCUT2D eigenvalue weighted by molar-refractivity contribution is 7.92. The van der Waals surface area contributed by atoms with Gasteiger partial charge < -0.3 is 5.32 Å². The van der Waals surface area contributed by atoms with Crippen LogP contribution in [0.5, 0.6) is 0 Å². The Balaban J connectivity index is 2.27. The third-order valence-electron chi connectivity index (χ3n) is 4.09. The fraction of sp³-hybridized carbons (Fsp3) is 0.316. The lowest BCUT2D eigenvalue weighted by Gasteiger charge is -2.23. The first-order valence-electron chi connectivity index (χ1n) is 8.53. The Labute approximate surface area is 172 Å². The summed E-state index contributed by atoms with van der Waals surface area (Å²) in [5.41, 5.74) is 0.00562. The summed E-state index contributed by atoms with van der Waals surface area (Å²) in [6, 6.07) is 9.65. The van der Waals surface area contributed by atoms with Gasteiger partial charge in [-0.2, -0.15) is 13.2 Å². The first kappa shape index (κ1) is 23.0. The lowest BCUT2D eigenvalue weighted by Crippen LogP contribution is -2.37. The van der Waals surface area contributed by atoms with E-state index in [0.717, 1.165) is 24.0 Å². The second-order valence-corrected chi connectivity index (χ2v) is 9.07. The maximum absolute atomic E-state index is 13.1. The van der Waals surface area contributed by atoms with Crippen molar-refractivity contribution >= 4 is 38.9 Å². The second kappa shape index (κ2) is 8.62. The van der Waals surface area contributed by atoms with Crippen molar-refractivity contribution in [3.63, 3.8) is 0 Å². The van der Waals surface area contributed by atoms with Gasteiger partial charge in [-0.25, -0.2) is 8.42 Å². The molecule has 0 spiro atoms. The molecule has 0 aliphatic carbocycles. The van der Waals surface area contributed by atoms with Gasteiger partial charge in [-0.05, 0) is 41.8 Å². The number of amides is 1. The van der Waals surface area contributed by atoms with Crippen LogP contribution in [0.3, 0.4) is 0 Å². The first-order valence-corrected chi connectivity index (χ1v) is 10.8. The van der Waals surface area contributed by atoms with Crippen molar-refractivity contribution in [2.45, 2.75) is 25.9 Å². The normalized spacial score (nSPS) is 12.1. The maximum atomic E-state index is 13.1. The van der Waals surface area contributed by atoms with Crippen LogP contribution in [-0.2, 0) is 21.0 Å². The number of rotatable bonds is 6. The summed E-state index contributed by atoms with van der Waals surface area (Å²) in [6.07, 6.45) is -3.96. The molecule has 0 atom stereocenters. The van der Waals surface area contributed by atoms with Crippen LogP contribution in [-0.4, -0.2) is 27.1 Å². The van der Waals surface area contributed by atoms with E-state index in [4.69, 9.17) is 11.6 Å². The van der Waals surface area contributed by atoms with Crippen molar-refractivity contribution in [1.82, 2.24) is 0 Å². The summed E-state index contributed by atoms with van der Waals surface area (Å²) in [4.78, 5) is 12.3. The first-order chi connectivity index (χ1) is 13.3. The minimum absolute atomic E-state index is 0.299. The summed E-state index contributed by atoms with van der Waals surface area (Å²) in [5.74, 6) is -0.399. The predicted molar refractivity (Wildman–Crippen MR) is 108 cm³/mol. The number of alkyl halides is 3. The van der Waals surface area contributed by atoms with Gasteiger partial charge in [0.25, 0.3) is 0 Å². The molecule has 1 N–H and O–H groups in total. The predicted octanol–water partition coefficient (Wildman–Crippen LogP) is 4.89. The maximum Gasteiger partial charge on any atom is 0.417 e. The third kappa shape index (κ3) is 6.11. The van der Waals surface area contributed by atoms with Crippen LogP contribution in [0.25, 0.3) is 0 Å². The largest absolute Gasteiger partial charge is 0.417 e. The fourth-order valence-corrected chi connectivity index (χ4v) is 3.64. The molecule has 0 saturated heterocycles. The molecule has 29 heavy (non-hydrogen) atoms. The van der Waals surface area contributed by atoms with E-state index in [1.807, 2.05) is 26.0 Å². The van der Waals surface area contributed by atoms with E-state index < -0.39 is 39.2 Å². The molecule has 2 aromatic carbocycles. The number of carbonyl (C=O) groups excluding carboxylic acids is 1. The number of carbonyl (C=O) groups is 1. The molecule has 1 amide bonds. The van der Waals surface area contributed by atoms with Crippen molar-refractivity contribution in [2.24, 2.45) is 0 Å². The molecule has 0 aromatic heterocycles. The smallest absolute Gasteiger partial charge is 0.325 e. The fourth-order valence-electron chi connectivity index (χ4n) is 2.57. The van der Waals surface area contributed by atoms with E-state index in [0.29, 0.717) is 22.0 Å². The highest BCUT2D eigenvalue weighted by Crippen LogP contribution is 2.37. The van der Waals surface area contributed by atoms with Crippen molar-refractivity contribution in [3.8, 4) is 0 Å². The molecule has 0 unspecified atom stereocenters. The van der Waals surface area contributed by atoms with Crippen molar-refractivity contribution in [1.29, 1.82) is 0 Å². The van der Waals surface area contributed by atoms with Gasteiger partial charge in [-0.1, -0.05) is 37.6 Å². The Hall–Kier alpha value is -2.26. The van der Waals surface area contributed by atoms with Gasteiger partial charge >= 0.3 is 6.18 Å². The zero-order valence-corrected chi connectivity index (χ0v) is 17.5. The molecule has 0 radical (unpaired) electrons. The van der Waals surface area contributed by atoms with Crippen LogP contribution in [0.4, 0.5) is 24.5 Å². The van der Waals surface area contributed by atoms with Gasteiger partial charge in [0, 0.05) is 5.69 Å². The monoisotopic (exact) mass is 448 g/mol.